The van der Waals surface area contributed by atoms with Crippen LogP contribution >= 0.6 is 17.7 Å². The van der Waals surface area contributed by atoms with Gasteiger partial charge in [-0.2, -0.15) is 4.67 Å². The van der Waals surface area contributed by atoms with Crippen molar-refractivity contribution >= 4 is 29.5 Å². The van der Waals surface area contributed by atoms with Crippen molar-refractivity contribution in [3.63, 3.8) is 0 Å². The molecule has 0 aromatic carbocycles. The summed E-state index contributed by atoms with van der Waals surface area (Å²) in [4.78, 5) is 4.92. The van der Waals surface area contributed by atoms with Gasteiger partial charge in [-0.15, -0.1) is 12.2 Å². The zero-order valence-electron chi connectivity index (χ0n) is 7.11. The zero-order valence-corrected chi connectivity index (χ0v) is 9.72. The molecule has 0 rings (SSSR count). The van der Waals surface area contributed by atoms with Gasteiger partial charge < -0.3 is 0 Å². The molecule has 0 saturated carbocycles. The van der Waals surface area contributed by atoms with Crippen LogP contribution in [-0.4, -0.2) is 12.8 Å². The van der Waals surface area contributed by atoms with Gasteiger partial charge in [-0.25, -0.2) is 4.89 Å². The Bertz CT molecular complexity index is 150. The molecule has 0 bridgehead atoms. The Hall–Kier alpha value is 0.920. The van der Waals surface area contributed by atoms with Gasteiger partial charge in [0.1, 0.15) is 0 Å². The lowest BCUT2D eigenvalue weighted by Crippen LogP contribution is -2.00. The molecular weight excluding hydrogens is 199 g/mol. The second-order valence-corrected chi connectivity index (χ2v) is 9.28. The van der Waals surface area contributed by atoms with Gasteiger partial charge in [0.05, 0.1) is 6.61 Å². The number of rotatable bonds is 5. The third kappa shape index (κ3) is 7.29. The van der Waals surface area contributed by atoms with E-state index >= 15 is 0 Å². The second-order valence-electron chi connectivity index (χ2n) is 2.71. The summed E-state index contributed by atoms with van der Waals surface area (Å²) in [5.41, 5.74) is -1.92. The average molecular weight is 214 g/mol. The van der Waals surface area contributed by atoms with Crippen molar-refractivity contribution in [2.24, 2.45) is 5.92 Å². The lowest BCUT2D eigenvalue weighted by Gasteiger charge is -2.13. The fraction of sp³-hybridized carbons (Fsp3) is 1.00. The van der Waals surface area contributed by atoms with Crippen LogP contribution in [0.5, 0.6) is 0 Å². The lowest BCUT2D eigenvalue weighted by molar-refractivity contribution is -0.205. The van der Waals surface area contributed by atoms with E-state index in [0.29, 0.717) is 12.5 Å². The molecule has 2 nitrogen and oxygen atoms in total. The summed E-state index contributed by atoms with van der Waals surface area (Å²) >= 11 is 9.19. The summed E-state index contributed by atoms with van der Waals surface area (Å²) in [5.74, 6) is 0.468. The Labute approximate surface area is 78.8 Å². The molecule has 0 amide bonds. The summed E-state index contributed by atoms with van der Waals surface area (Å²) in [6.45, 7) is 6.64. The highest BCUT2D eigenvalue weighted by Gasteiger charge is 2.09. The van der Waals surface area contributed by atoms with Crippen molar-refractivity contribution < 1.29 is 9.56 Å². The van der Waals surface area contributed by atoms with Gasteiger partial charge in [-0.1, -0.05) is 32.6 Å². The van der Waals surface area contributed by atoms with Crippen molar-refractivity contribution in [1.82, 2.24) is 0 Å². The zero-order chi connectivity index (χ0) is 8.91. The molecule has 0 aromatic rings. The Kier molecular flexibility index (Phi) is 6.01. The third-order valence-electron chi connectivity index (χ3n) is 0.970. The van der Waals surface area contributed by atoms with Gasteiger partial charge in [0.25, 0.3) is 0 Å². The number of hydrogen-bond donors (Lipinski definition) is 1. The summed E-state index contributed by atoms with van der Waals surface area (Å²) in [6, 6.07) is 0. The van der Waals surface area contributed by atoms with E-state index in [1.165, 1.54) is 0 Å². The minimum Gasteiger partial charge on any atom is -0.232 e. The molecular formula is C6H15O2PS2. The molecule has 0 fully saturated rings. The van der Waals surface area contributed by atoms with Crippen molar-refractivity contribution in [2.45, 2.75) is 20.8 Å². The van der Waals surface area contributed by atoms with E-state index in [4.69, 9.17) is 21.4 Å². The van der Waals surface area contributed by atoms with Crippen molar-refractivity contribution in [3.8, 4) is 0 Å². The van der Waals surface area contributed by atoms with Crippen LogP contribution in [0, 0.1) is 5.92 Å². The van der Waals surface area contributed by atoms with Crippen LogP contribution in [0.2, 0.25) is 0 Å². The molecule has 0 aliphatic heterocycles. The molecule has 0 aliphatic carbocycles. The van der Waals surface area contributed by atoms with Crippen molar-refractivity contribution in [1.29, 1.82) is 0 Å². The lowest BCUT2D eigenvalue weighted by atomic mass is 10.2. The highest BCUT2D eigenvalue weighted by Crippen LogP contribution is 2.51. The highest BCUT2D eigenvalue weighted by molar-refractivity contribution is 8.61. The van der Waals surface area contributed by atoms with Crippen molar-refractivity contribution in [3.05, 3.63) is 0 Å². The fourth-order valence-electron chi connectivity index (χ4n) is 0.302. The molecule has 11 heavy (non-hydrogen) atoms. The van der Waals surface area contributed by atoms with Gasteiger partial charge >= 0.3 is 0 Å². The van der Waals surface area contributed by atoms with E-state index in [2.05, 4.69) is 26.1 Å². The van der Waals surface area contributed by atoms with Gasteiger partial charge in [0.15, 0.2) is 5.47 Å². The fourth-order valence-corrected chi connectivity index (χ4v) is 0.903. The smallest absolute Gasteiger partial charge is 0.154 e. The molecule has 0 aromatic heterocycles. The first-order valence-corrected chi connectivity index (χ1v) is 7.66. The SMILES string of the molecule is CCP(=S)(S)OOCC(C)C. The van der Waals surface area contributed by atoms with E-state index < -0.39 is 5.47 Å². The minimum absolute atomic E-state index is 0.468. The van der Waals surface area contributed by atoms with E-state index in [1.807, 2.05) is 6.92 Å². The maximum Gasteiger partial charge on any atom is 0.154 e. The van der Waals surface area contributed by atoms with Crippen LogP contribution in [-0.2, 0) is 21.4 Å². The molecule has 0 aliphatic rings. The predicted molar refractivity (Wildman–Crippen MR) is 55.7 cm³/mol. The molecule has 0 spiro atoms. The van der Waals surface area contributed by atoms with E-state index in [9.17, 15) is 0 Å². The van der Waals surface area contributed by atoms with Crippen LogP contribution in [0.25, 0.3) is 0 Å². The third-order valence-corrected chi connectivity index (χ3v) is 4.11. The molecule has 1 unspecified atom stereocenters. The first-order chi connectivity index (χ1) is 4.98. The first-order valence-electron chi connectivity index (χ1n) is 3.61. The molecule has 5 heteroatoms. The average Bonchev–Trinajstić information content (AvgIpc) is 1.87. The predicted octanol–water partition coefficient (Wildman–Crippen LogP) is 2.85. The van der Waals surface area contributed by atoms with Crippen LogP contribution in [0.1, 0.15) is 20.8 Å². The molecule has 0 heterocycles. The van der Waals surface area contributed by atoms with Crippen LogP contribution < -0.4 is 0 Å². The van der Waals surface area contributed by atoms with Gasteiger partial charge in [0, 0.05) is 6.16 Å². The molecule has 0 saturated heterocycles. The van der Waals surface area contributed by atoms with Crippen LogP contribution in [0.3, 0.4) is 0 Å². The van der Waals surface area contributed by atoms with Gasteiger partial charge in [-0.05, 0) is 5.92 Å². The topological polar surface area (TPSA) is 18.5 Å². The molecule has 0 radical (unpaired) electrons. The summed E-state index contributed by atoms with van der Waals surface area (Å²) in [5, 5.41) is 0. The maximum atomic E-state index is 5.02. The maximum absolute atomic E-state index is 5.02. The Morgan fingerprint density at radius 1 is 1.55 bits per heavy atom. The minimum atomic E-state index is -1.92. The standard InChI is InChI=1S/C6H15O2PS2/c1-4-9(10,11)8-7-5-6(2)3/h6H,4-5H2,1-3H3,(H,10,11). The number of thiol groups is 1. The summed E-state index contributed by atoms with van der Waals surface area (Å²) in [6.07, 6.45) is 0.754. The monoisotopic (exact) mass is 214 g/mol. The largest absolute Gasteiger partial charge is 0.232 e. The Balaban J connectivity index is 3.46. The van der Waals surface area contributed by atoms with Crippen LogP contribution in [0.15, 0.2) is 0 Å². The molecule has 0 N–H and O–H groups in total. The Morgan fingerprint density at radius 2 is 2.09 bits per heavy atom. The highest BCUT2D eigenvalue weighted by atomic mass is 32.9. The quantitative estimate of drug-likeness (QED) is 0.328. The van der Waals surface area contributed by atoms with E-state index in [1.54, 1.807) is 0 Å². The van der Waals surface area contributed by atoms with E-state index in [0.717, 1.165) is 6.16 Å². The summed E-state index contributed by atoms with van der Waals surface area (Å²) < 4.78 is 4.98. The normalized spacial score (nSPS) is 16.8. The van der Waals surface area contributed by atoms with Gasteiger partial charge in [-0.3, -0.25) is 0 Å². The molecule has 68 valence electrons. The number of hydrogen-bond acceptors (Lipinski definition) is 3. The first kappa shape index (κ1) is 11.9. The van der Waals surface area contributed by atoms with Crippen molar-refractivity contribution in [2.75, 3.05) is 12.8 Å². The summed E-state index contributed by atoms with van der Waals surface area (Å²) in [7, 11) is 0. The second kappa shape index (κ2) is 5.55. The Morgan fingerprint density at radius 3 is 2.45 bits per heavy atom. The van der Waals surface area contributed by atoms with Gasteiger partial charge in [0.2, 0.25) is 0 Å². The van der Waals surface area contributed by atoms with Crippen LogP contribution in [0.4, 0.5) is 0 Å². The molecule has 1 atom stereocenters. The van der Waals surface area contributed by atoms with E-state index in [-0.39, 0.29) is 0 Å².